The van der Waals surface area contributed by atoms with Crippen LogP contribution in [0.15, 0.2) is 54.6 Å². The number of rotatable bonds is 6. The van der Waals surface area contributed by atoms with Crippen molar-refractivity contribution in [1.29, 1.82) is 0 Å². The number of aryl methyl sites for hydroxylation is 1. The summed E-state index contributed by atoms with van der Waals surface area (Å²) in [5.41, 5.74) is 2.97. The lowest BCUT2D eigenvalue weighted by Crippen LogP contribution is -2.48. The quantitative estimate of drug-likeness (QED) is 0.250. The highest BCUT2D eigenvalue weighted by atomic mass is 32.1. The average Bonchev–Trinajstić information content (AvgIpc) is 3.22. The number of aromatic nitrogens is 1. The number of benzene rings is 3. The molecule has 1 aliphatic rings. The van der Waals surface area contributed by atoms with Gasteiger partial charge in [0.15, 0.2) is 0 Å². The molecule has 4 nitrogen and oxygen atoms in total. The van der Waals surface area contributed by atoms with Gasteiger partial charge in [-0.25, -0.2) is 22.9 Å². The maximum absolute atomic E-state index is 15.6. The maximum atomic E-state index is 15.6. The Morgan fingerprint density at radius 2 is 1.79 bits per heavy atom. The predicted molar refractivity (Wildman–Crippen MR) is 150 cm³/mol. The van der Waals surface area contributed by atoms with E-state index in [1.807, 2.05) is 43.0 Å². The Morgan fingerprint density at radius 3 is 2.46 bits per heavy atom. The Labute approximate surface area is 229 Å². The minimum Gasteiger partial charge on any atom is -0.478 e. The van der Waals surface area contributed by atoms with Crippen molar-refractivity contribution in [3.05, 3.63) is 93.5 Å². The number of carbonyl (C=O) groups is 1. The number of alkyl halides is 1. The van der Waals surface area contributed by atoms with Gasteiger partial charge in [0.1, 0.15) is 17.3 Å². The first-order valence-corrected chi connectivity index (χ1v) is 13.6. The lowest BCUT2D eigenvalue weighted by atomic mass is 9.82. The number of carboxylic acid groups (broad SMARTS) is 1. The molecule has 1 N–H and O–H groups in total. The summed E-state index contributed by atoms with van der Waals surface area (Å²) < 4.78 is 47.2. The van der Waals surface area contributed by atoms with Crippen LogP contribution in [0.25, 0.3) is 27.4 Å². The first kappa shape index (κ1) is 27.1. The third kappa shape index (κ3) is 5.63. The van der Waals surface area contributed by atoms with Gasteiger partial charge in [-0.05, 0) is 92.3 Å². The zero-order valence-corrected chi connectivity index (χ0v) is 23.0. The van der Waals surface area contributed by atoms with Crippen molar-refractivity contribution in [3.63, 3.8) is 0 Å². The molecule has 8 heteroatoms. The van der Waals surface area contributed by atoms with Crippen molar-refractivity contribution in [2.75, 3.05) is 6.54 Å². The van der Waals surface area contributed by atoms with E-state index in [1.54, 1.807) is 11.3 Å². The molecule has 39 heavy (non-hydrogen) atoms. The summed E-state index contributed by atoms with van der Waals surface area (Å²) in [7, 11) is 0. The summed E-state index contributed by atoms with van der Waals surface area (Å²) in [6.07, 6.45) is 2.57. The fraction of sp³-hybridized carbons (Fsp3) is 0.290. The van der Waals surface area contributed by atoms with Crippen molar-refractivity contribution < 1.29 is 23.1 Å². The molecule has 0 amide bonds. The van der Waals surface area contributed by atoms with Crippen LogP contribution in [0.2, 0.25) is 0 Å². The normalized spacial score (nSPS) is 18.1. The largest absolute Gasteiger partial charge is 0.478 e. The summed E-state index contributed by atoms with van der Waals surface area (Å²) in [5.74, 6) is -2.82. The lowest BCUT2D eigenvalue weighted by molar-refractivity contribution is -0.131. The molecule has 0 fully saturated rings. The third-order valence-electron chi connectivity index (χ3n) is 7.03. The third-order valence-corrected chi connectivity index (χ3v) is 7.96. The van der Waals surface area contributed by atoms with E-state index in [0.717, 1.165) is 61.8 Å². The number of carboxylic acids is 1. The van der Waals surface area contributed by atoms with Crippen LogP contribution in [0.3, 0.4) is 0 Å². The van der Waals surface area contributed by atoms with Crippen LogP contribution in [0.5, 0.6) is 0 Å². The Bertz CT molecular complexity index is 1580. The number of thiazole rings is 1. The Balaban J connectivity index is 1.63. The van der Waals surface area contributed by atoms with Crippen molar-refractivity contribution >= 4 is 33.6 Å². The Hall–Kier alpha value is -3.49. The Morgan fingerprint density at radius 1 is 1.13 bits per heavy atom. The zero-order chi connectivity index (χ0) is 28.1. The van der Waals surface area contributed by atoms with Gasteiger partial charge in [-0.15, -0.1) is 11.3 Å². The molecule has 0 saturated carbocycles. The van der Waals surface area contributed by atoms with Crippen LogP contribution >= 0.6 is 11.3 Å². The summed E-state index contributed by atoms with van der Waals surface area (Å²) in [6.45, 7) is 6.82. The molecule has 1 aliphatic heterocycles. The molecule has 5 rings (SSSR count). The van der Waals surface area contributed by atoms with Gasteiger partial charge in [-0.3, -0.25) is 4.90 Å². The highest BCUT2D eigenvalue weighted by molar-refractivity contribution is 7.18. The van der Waals surface area contributed by atoms with Crippen molar-refractivity contribution in [2.24, 2.45) is 0 Å². The fourth-order valence-corrected chi connectivity index (χ4v) is 6.31. The first-order valence-electron chi connectivity index (χ1n) is 12.7. The van der Waals surface area contributed by atoms with Gasteiger partial charge < -0.3 is 5.11 Å². The smallest absolute Gasteiger partial charge is 0.328 e. The number of nitrogens with zero attached hydrogens (tertiary/aromatic N) is 2. The van der Waals surface area contributed by atoms with Gasteiger partial charge >= 0.3 is 5.97 Å². The van der Waals surface area contributed by atoms with E-state index in [9.17, 15) is 9.18 Å². The summed E-state index contributed by atoms with van der Waals surface area (Å²) in [6, 6.07) is 13.2. The monoisotopic (exact) mass is 550 g/mol. The van der Waals surface area contributed by atoms with E-state index in [4.69, 9.17) is 5.11 Å². The second-order valence-electron chi connectivity index (χ2n) is 10.7. The second kappa shape index (κ2) is 10.2. The van der Waals surface area contributed by atoms with E-state index in [0.29, 0.717) is 6.42 Å². The number of halogens is 3. The summed E-state index contributed by atoms with van der Waals surface area (Å²) >= 11 is 1.63. The number of aliphatic carboxylic acids is 1. The Kier molecular flexibility index (Phi) is 7.11. The molecular formula is C31H29F3N2O2S. The number of hydrogen-bond donors (Lipinski definition) is 1. The molecule has 0 spiro atoms. The van der Waals surface area contributed by atoms with E-state index in [-0.39, 0.29) is 23.7 Å². The maximum Gasteiger partial charge on any atom is 0.328 e. The van der Waals surface area contributed by atoms with Gasteiger partial charge in [0.25, 0.3) is 0 Å². The van der Waals surface area contributed by atoms with Crippen molar-refractivity contribution in [2.45, 2.75) is 51.9 Å². The molecule has 2 unspecified atom stereocenters. The van der Waals surface area contributed by atoms with E-state index >= 15 is 8.78 Å². The molecule has 202 valence electrons. The molecule has 1 aromatic heterocycles. The lowest BCUT2D eigenvalue weighted by Gasteiger charge is -2.44. The molecule has 4 aromatic rings. The molecular weight excluding hydrogens is 521 g/mol. The first-order chi connectivity index (χ1) is 18.4. The molecule has 0 saturated heterocycles. The standard InChI is InChI=1S/C31H29F3N2O2S/c1-17-11-22-14-20(21-7-9-26-27(15-21)39-18(2)35-26)6-8-23(22)30(36(17)16-31(3,4)34)29-24(32)12-19(13-25(29)33)5-10-28(37)38/h5-10,12-15,17,30H,11,16H2,1-4H3,(H,37,38)/b10-5+. The predicted octanol–water partition coefficient (Wildman–Crippen LogP) is 7.73. The molecule has 0 aliphatic carbocycles. The van der Waals surface area contributed by atoms with Crippen LogP contribution < -0.4 is 0 Å². The minimum atomic E-state index is -1.59. The highest BCUT2D eigenvalue weighted by Gasteiger charge is 2.39. The van der Waals surface area contributed by atoms with Crippen LogP contribution in [-0.4, -0.2) is 39.2 Å². The summed E-state index contributed by atoms with van der Waals surface area (Å²) in [4.78, 5) is 17.2. The van der Waals surface area contributed by atoms with Gasteiger partial charge in [0.05, 0.1) is 21.3 Å². The van der Waals surface area contributed by atoms with Crippen LogP contribution in [0, 0.1) is 18.6 Å². The topological polar surface area (TPSA) is 53.4 Å². The van der Waals surface area contributed by atoms with Crippen LogP contribution in [0.4, 0.5) is 13.2 Å². The summed E-state index contributed by atoms with van der Waals surface area (Å²) in [5, 5.41) is 9.89. The fourth-order valence-electron chi connectivity index (χ4n) is 5.45. The molecule has 2 heterocycles. The number of hydrogen-bond acceptors (Lipinski definition) is 4. The van der Waals surface area contributed by atoms with Gasteiger partial charge in [-0.2, -0.15) is 0 Å². The molecule has 3 aromatic carbocycles. The van der Waals surface area contributed by atoms with Gasteiger partial charge in [0.2, 0.25) is 0 Å². The van der Waals surface area contributed by atoms with Gasteiger partial charge in [-0.1, -0.05) is 24.3 Å². The SMILES string of the molecule is Cc1nc2ccc(-c3ccc4c(c3)CC(C)N(CC(C)(C)F)C4c3c(F)cc(/C=C/C(=O)O)cc3F)cc2s1. The van der Waals surface area contributed by atoms with E-state index in [1.165, 1.54) is 13.8 Å². The zero-order valence-electron chi connectivity index (χ0n) is 22.1. The van der Waals surface area contributed by atoms with Crippen molar-refractivity contribution in [3.8, 4) is 11.1 Å². The van der Waals surface area contributed by atoms with E-state index < -0.39 is 29.3 Å². The molecule has 0 bridgehead atoms. The van der Waals surface area contributed by atoms with Crippen LogP contribution in [-0.2, 0) is 11.2 Å². The average molecular weight is 551 g/mol. The molecule has 0 radical (unpaired) electrons. The molecule has 2 atom stereocenters. The van der Waals surface area contributed by atoms with Gasteiger partial charge in [0, 0.05) is 24.2 Å². The minimum absolute atomic E-state index is 0.0129. The van der Waals surface area contributed by atoms with Crippen molar-refractivity contribution in [1.82, 2.24) is 9.88 Å². The highest BCUT2D eigenvalue weighted by Crippen LogP contribution is 2.42. The number of fused-ring (bicyclic) bond motifs is 2. The van der Waals surface area contributed by atoms with E-state index in [2.05, 4.69) is 17.1 Å². The second-order valence-corrected chi connectivity index (χ2v) is 12.0. The van der Waals surface area contributed by atoms with Crippen LogP contribution in [0.1, 0.15) is 54.1 Å².